The average Bonchev–Trinajstić information content (AvgIpc) is 3.09. The topological polar surface area (TPSA) is 55.4 Å². The monoisotopic (exact) mass is 351 g/mol. The van der Waals surface area contributed by atoms with Crippen LogP contribution in [0, 0.1) is 6.92 Å². The lowest BCUT2D eigenvalue weighted by Gasteiger charge is -2.36. The molecule has 124 valence electrons. The highest BCUT2D eigenvalue weighted by atomic mass is 32.2. The highest BCUT2D eigenvalue weighted by molar-refractivity contribution is 7.89. The smallest absolute Gasteiger partial charge is 0.240 e. The zero-order valence-corrected chi connectivity index (χ0v) is 14.8. The van der Waals surface area contributed by atoms with Crippen LogP contribution in [-0.2, 0) is 20.2 Å². The third kappa shape index (κ3) is 3.66. The second-order valence-electron chi connectivity index (χ2n) is 6.01. The number of ether oxygens (including phenoxy) is 1. The van der Waals surface area contributed by atoms with Crippen molar-refractivity contribution < 1.29 is 13.2 Å². The standard InChI is InChI=1S/C17H21NO3S2/c1-14-4-2-5-15(12-14)23(19,20)18-13-17(7-9-21-10-8-17)16-6-3-11-22-16/h2-6,11-12,18H,7-10,13H2,1H3. The number of hydrogen-bond acceptors (Lipinski definition) is 4. The van der Waals surface area contributed by atoms with Crippen molar-refractivity contribution in [3.63, 3.8) is 0 Å². The molecule has 1 N–H and O–H groups in total. The molecule has 0 atom stereocenters. The van der Waals surface area contributed by atoms with E-state index >= 15 is 0 Å². The summed E-state index contributed by atoms with van der Waals surface area (Å²) in [5.74, 6) is 0. The van der Waals surface area contributed by atoms with Crippen LogP contribution in [0.5, 0.6) is 0 Å². The number of aryl methyl sites for hydroxylation is 1. The second-order valence-corrected chi connectivity index (χ2v) is 8.73. The average molecular weight is 351 g/mol. The summed E-state index contributed by atoms with van der Waals surface area (Å²) < 4.78 is 33.5. The van der Waals surface area contributed by atoms with Gasteiger partial charge in [0, 0.05) is 30.1 Å². The van der Waals surface area contributed by atoms with Gasteiger partial charge in [-0.05, 0) is 48.9 Å². The van der Waals surface area contributed by atoms with Gasteiger partial charge in [-0.25, -0.2) is 13.1 Å². The Hall–Kier alpha value is -1.21. The van der Waals surface area contributed by atoms with Crippen LogP contribution in [0.15, 0.2) is 46.7 Å². The molecule has 6 heteroatoms. The van der Waals surface area contributed by atoms with Gasteiger partial charge in [-0.15, -0.1) is 11.3 Å². The summed E-state index contributed by atoms with van der Waals surface area (Å²) in [7, 11) is -3.50. The van der Waals surface area contributed by atoms with Crippen LogP contribution in [0.25, 0.3) is 0 Å². The Morgan fingerprint density at radius 2 is 2.00 bits per heavy atom. The van der Waals surface area contributed by atoms with E-state index in [1.165, 1.54) is 4.88 Å². The minimum atomic E-state index is -3.50. The van der Waals surface area contributed by atoms with E-state index in [9.17, 15) is 8.42 Å². The summed E-state index contributed by atoms with van der Waals surface area (Å²) in [5, 5.41) is 2.04. The molecule has 1 aliphatic rings. The zero-order valence-electron chi connectivity index (χ0n) is 13.1. The van der Waals surface area contributed by atoms with Gasteiger partial charge in [-0.3, -0.25) is 0 Å². The predicted octanol–water partition coefficient (Wildman–Crippen LogP) is 3.08. The highest BCUT2D eigenvalue weighted by Crippen LogP contribution is 2.37. The van der Waals surface area contributed by atoms with E-state index in [0.29, 0.717) is 24.7 Å². The third-order valence-electron chi connectivity index (χ3n) is 4.39. The number of benzene rings is 1. The third-order valence-corrected chi connectivity index (χ3v) is 6.91. The molecular formula is C17H21NO3S2. The van der Waals surface area contributed by atoms with Crippen LogP contribution >= 0.6 is 11.3 Å². The number of hydrogen-bond donors (Lipinski definition) is 1. The molecule has 0 saturated carbocycles. The largest absolute Gasteiger partial charge is 0.381 e. The first-order valence-electron chi connectivity index (χ1n) is 7.70. The van der Waals surface area contributed by atoms with E-state index in [2.05, 4.69) is 10.8 Å². The SMILES string of the molecule is Cc1cccc(S(=O)(=O)NCC2(c3cccs3)CCOCC2)c1. The molecule has 0 radical (unpaired) electrons. The van der Waals surface area contributed by atoms with Crippen molar-refractivity contribution in [2.45, 2.75) is 30.1 Å². The summed E-state index contributed by atoms with van der Waals surface area (Å²) >= 11 is 1.69. The molecule has 3 rings (SSSR count). The quantitative estimate of drug-likeness (QED) is 0.901. The van der Waals surface area contributed by atoms with Gasteiger partial charge < -0.3 is 4.74 Å². The number of thiophene rings is 1. The first kappa shape index (κ1) is 16.6. The fourth-order valence-corrected chi connectivity index (χ4v) is 5.17. The van der Waals surface area contributed by atoms with E-state index in [4.69, 9.17) is 4.74 Å². The molecular weight excluding hydrogens is 330 g/mol. The molecule has 0 amide bonds. The fourth-order valence-electron chi connectivity index (χ4n) is 2.95. The summed E-state index contributed by atoms with van der Waals surface area (Å²) in [6.45, 7) is 3.64. The van der Waals surface area contributed by atoms with Crippen LogP contribution in [0.3, 0.4) is 0 Å². The van der Waals surface area contributed by atoms with Gasteiger partial charge >= 0.3 is 0 Å². The number of rotatable bonds is 5. The van der Waals surface area contributed by atoms with Crippen molar-refractivity contribution in [1.29, 1.82) is 0 Å². The normalized spacial score (nSPS) is 18.0. The van der Waals surface area contributed by atoms with Crippen LogP contribution in [0.1, 0.15) is 23.3 Å². The summed E-state index contributed by atoms with van der Waals surface area (Å²) in [6, 6.07) is 11.1. The van der Waals surface area contributed by atoms with Crippen molar-refractivity contribution in [3.8, 4) is 0 Å². The van der Waals surface area contributed by atoms with E-state index in [0.717, 1.165) is 18.4 Å². The summed E-state index contributed by atoms with van der Waals surface area (Å²) in [4.78, 5) is 1.55. The molecule has 0 bridgehead atoms. The number of nitrogens with one attached hydrogen (secondary N) is 1. The van der Waals surface area contributed by atoms with Gasteiger partial charge in [0.25, 0.3) is 0 Å². The van der Waals surface area contributed by atoms with E-state index in [1.54, 1.807) is 29.5 Å². The van der Waals surface area contributed by atoms with E-state index in [1.807, 2.05) is 24.4 Å². The Balaban J connectivity index is 1.82. The van der Waals surface area contributed by atoms with Crippen molar-refractivity contribution in [1.82, 2.24) is 4.72 Å². The van der Waals surface area contributed by atoms with Crippen LogP contribution < -0.4 is 4.72 Å². The zero-order chi connectivity index (χ0) is 16.3. The minimum absolute atomic E-state index is 0.163. The maximum absolute atomic E-state index is 12.6. The molecule has 4 nitrogen and oxygen atoms in total. The molecule has 1 aromatic carbocycles. The van der Waals surface area contributed by atoms with Crippen LogP contribution in [-0.4, -0.2) is 28.2 Å². The summed E-state index contributed by atoms with van der Waals surface area (Å²) in [6.07, 6.45) is 1.67. The lowest BCUT2D eigenvalue weighted by Crippen LogP contribution is -2.44. The number of sulfonamides is 1. The van der Waals surface area contributed by atoms with Gasteiger partial charge in [0.05, 0.1) is 4.90 Å². The van der Waals surface area contributed by atoms with Gasteiger partial charge in [0.15, 0.2) is 0 Å². The lowest BCUT2D eigenvalue weighted by atomic mass is 9.79. The van der Waals surface area contributed by atoms with Crippen molar-refractivity contribution in [3.05, 3.63) is 52.2 Å². The molecule has 0 spiro atoms. The maximum atomic E-state index is 12.6. The van der Waals surface area contributed by atoms with Gasteiger partial charge in [-0.1, -0.05) is 18.2 Å². The molecule has 0 unspecified atom stereocenters. The van der Waals surface area contributed by atoms with Crippen molar-refractivity contribution in [2.24, 2.45) is 0 Å². The van der Waals surface area contributed by atoms with Crippen molar-refractivity contribution in [2.75, 3.05) is 19.8 Å². The molecule has 1 aliphatic heterocycles. The van der Waals surface area contributed by atoms with Gasteiger partial charge in [0.1, 0.15) is 0 Å². The van der Waals surface area contributed by atoms with Crippen LogP contribution in [0.4, 0.5) is 0 Å². The maximum Gasteiger partial charge on any atom is 0.240 e. The van der Waals surface area contributed by atoms with Crippen molar-refractivity contribution >= 4 is 21.4 Å². The minimum Gasteiger partial charge on any atom is -0.381 e. The Morgan fingerprint density at radius 1 is 1.22 bits per heavy atom. The lowest BCUT2D eigenvalue weighted by molar-refractivity contribution is 0.0529. The fraction of sp³-hybridized carbons (Fsp3) is 0.412. The molecule has 1 saturated heterocycles. The Kier molecular flexibility index (Phi) is 4.87. The van der Waals surface area contributed by atoms with Gasteiger partial charge in [-0.2, -0.15) is 0 Å². The van der Waals surface area contributed by atoms with E-state index in [-0.39, 0.29) is 5.41 Å². The molecule has 1 fully saturated rings. The highest BCUT2D eigenvalue weighted by Gasteiger charge is 2.36. The molecule has 23 heavy (non-hydrogen) atoms. The predicted molar refractivity (Wildman–Crippen MR) is 92.4 cm³/mol. The van der Waals surface area contributed by atoms with Gasteiger partial charge in [0.2, 0.25) is 10.0 Å². The first-order valence-corrected chi connectivity index (χ1v) is 10.1. The first-order chi connectivity index (χ1) is 11.0. The van der Waals surface area contributed by atoms with E-state index < -0.39 is 10.0 Å². The Labute approximate surface area is 141 Å². The summed E-state index contributed by atoms with van der Waals surface area (Å²) in [5.41, 5.74) is 0.774. The van der Waals surface area contributed by atoms with Crippen LogP contribution in [0.2, 0.25) is 0 Å². The molecule has 0 aliphatic carbocycles. The second kappa shape index (κ2) is 6.73. The molecule has 2 heterocycles. The Morgan fingerprint density at radius 3 is 2.65 bits per heavy atom. The molecule has 1 aromatic heterocycles. The molecule has 2 aromatic rings. The Bertz CT molecular complexity index is 748.